The Balaban J connectivity index is 1.38. The Kier molecular flexibility index (Phi) is 6.00. The van der Waals surface area contributed by atoms with E-state index in [4.69, 9.17) is 9.72 Å². The predicted molar refractivity (Wildman–Crippen MR) is 139 cm³/mol. The highest BCUT2D eigenvalue weighted by Gasteiger charge is 2.29. The van der Waals surface area contributed by atoms with E-state index >= 15 is 0 Å². The Labute approximate surface area is 216 Å². The van der Waals surface area contributed by atoms with Crippen molar-refractivity contribution >= 4 is 11.0 Å². The number of imidazole rings is 1. The van der Waals surface area contributed by atoms with Gasteiger partial charge in [-0.1, -0.05) is 11.3 Å². The zero-order chi connectivity index (χ0) is 25.5. The van der Waals surface area contributed by atoms with Crippen molar-refractivity contribution < 1.29 is 4.74 Å². The normalized spacial score (nSPS) is 18.1. The number of hydrogen-bond acceptors (Lipinski definition) is 8. The molecule has 0 bridgehead atoms. The maximum absolute atomic E-state index is 9.19. The van der Waals surface area contributed by atoms with Crippen molar-refractivity contribution in [1.29, 1.82) is 5.26 Å². The first-order valence-corrected chi connectivity index (χ1v) is 12.9. The van der Waals surface area contributed by atoms with Gasteiger partial charge in [-0.3, -0.25) is 4.98 Å². The maximum Gasteiger partial charge on any atom is 0.179 e. The fourth-order valence-corrected chi connectivity index (χ4v) is 5.51. The topological polar surface area (TPSA) is 101 Å². The second-order valence-corrected chi connectivity index (χ2v) is 10.2. The molecule has 0 unspecified atom stereocenters. The van der Waals surface area contributed by atoms with Crippen LogP contribution in [0, 0.1) is 18.4 Å². The van der Waals surface area contributed by atoms with E-state index in [1.807, 2.05) is 36.1 Å². The van der Waals surface area contributed by atoms with Crippen molar-refractivity contribution in [1.82, 2.24) is 39.3 Å². The van der Waals surface area contributed by atoms with E-state index in [-0.39, 0.29) is 12.1 Å². The lowest BCUT2D eigenvalue weighted by Gasteiger charge is -2.37. The smallest absolute Gasteiger partial charge is 0.179 e. The van der Waals surface area contributed by atoms with E-state index < -0.39 is 0 Å². The van der Waals surface area contributed by atoms with E-state index in [9.17, 15) is 5.26 Å². The molecule has 37 heavy (non-hydrogen) atoms. The van der Waals surface area contributed by atoms with E-state index in [2.05, 4.69) is 57.1 Å². The molecule has 1 atom stereocenters. The molecular weight excluding hydrogens is 466 g/mol. The van der Waals surface area contributed by atoms with E-state index in [1.165, 1.54) is 0 Å². The second-order valence-electron chi connectivity index (χ2n) is 10.2. The van der Waals surface area contributed by atoms with E-state index in [1.54, 1.807) is 11.1 Å². The molecule has 190 valence electrons. The molecule has 6 rings (SSSR count). The molecule has 0 aliphatic carbocycles. The molecule has 1 aromatic carbocycles. The highest BCUT2D eigenvalue weighted by atomic mass is 16.5. The summed E-state index contributed by atoms with van der Waals surface area (Å²) in [6, 6.07) is 10.6. The monoisotopic (exact) mass is 497 g/mol. The average Bonchev–Trinajstić information content (AvgIpc) is 3.51. The molecule has 10 heteroatoms. The van der Waals surface area contributed by atoms with Crippen molar-refractivity contribution in [2.75, 3.05) is 33.2 Å². The number of rotatable bonds is 6. The van der Waals surface area contributed by atoms with Crippen molar-refractivity contribution in [3.63, 3.8) is 0 Å². The number of likely N-dealkylation sites (N-methyl/N-ethyl adjacent to an activating group) is 1. The van der Waals surface area contributed by atoms with Crippen molar-refractivity contribution in [3.8, 4) is 23.2 Å². The lowest BCUT2D eigenvalue weighted by atomic mass is 10.0. The number of benzene rings is 1. The summed E-state index contributed by atoms with van der Waals surface area (Å²) >= 11 is 0. The summed E-state index contributed by atoms with van der Waals surface area (Å²) in [7, 11) is 2.13. The summed E-state index contributed by atoms with van der Waals surface area (Å²) in [4.78, 5) is 13.4. The van der Waals surface area contributed by atoms with Gasteiger partial charge in [-0.25, -0.2) is 9.67 Å². The fraction of sp³-hybridized carbons (Fsp3) is 0.444. The Hall–Kier alpha value is -3.97. The largest absolute Gasteiger partial charge is 0.482 e. The van der Waals surface area contributed by atoms with Crippen LogP contribution in [0.3, 0.4) is 0 Å². The zero-order valence-electron chi connectivity index (χ0n) is 21.4. The molecule has 5 heterocycles. The fourth-order valence-electron chi connectivity index (χ4n) is 5.51. The highest BCUT2D eigenvalue weighted by molar-refractivity contribution is 5.88. The summed E-state index contributed by atoms with van der Waals surface area (Å²) in [6.45, 7) is 7.56. The van der Waals surface area contributed by atoms with E-state index in [0.29, 0.717) is 6.04 Å². The van der Waals surface area contributed by atoms with Crippen LogP contribution >= 0.6 is 0 Å². The van der Waals surface area contributed by atoms with Crippen LogP contribution in [0.15, 0.2) is 42.9 Å². The van der Waals surface area contributed by atoms with E-state index in [0.717, 1.165) is 78.4 Å². The summed E-state index contributed by atoms with van der Waals surface area (Å²) < 4.78 is 10.8. The number of likely N-dealkylation sites (tertiary alicyclic amines) is 2. The molecule has 0 spiro atoms. The van der Waals surface area contributed by atoms with Crippen LogP contribution in [0.1, 0.15) is 49.3 Å². The highest BCUT2D eigenvalue weighted by Crippen LogP contribution is 2.38. The Morgan fingerprint density at radius 1 is 1.11 bits per heavy atom. The molecule has 2 saturated heterocycles. The van der Waals surface area contributed by atoms with Crippen LogP contribution in [-0.2, 0) is 0 Å². The number of piperidine rings is 1. The minimum Gasteiger partial charge on any atom is -0.482 e. The minimum atomic E-state index is -0.228. The number of ether oxygens (including phenoxy) is 1. The number of fused-ring (bicyclic) bond motifs is 1. The SMILES string of the molecule is Cc1c(-c2cc(O[C@H](C)c3ccccn3)c3c(c2)ncn3C2CN(C)C2)nnn1C1CCN(C#N)CC1. The molecule has 0 radical (unpaired) electrons. The molecule has 0 saturated carbocycles. The van der Waals surface area contributed by atoms with Gasteiger partial charge in [0, 0.05) is 37.9 Å². The van der Waals surface area contributed by atoms with Crippen molar-refractivity contribution in [3.05, 3.63) is 54.2 Å². The first-order chi connectivity index (χ1) is 18.0. The van der Waals surface area contributed by atoms with Gasteiger partial charge in [0.15, 0.2) is 6.19 Å². The van der Waals surface area contributed by atoms with Gasteiger partial charge in [0.05, 0.1) is 35.3 Å². The molecule has 2 fully saturated rings. The van der Waals surface area contributed by atoms with Crippen LogP contribution in [0.25, 0.3) is 22.3 Å². The standard InChI is InChI=1S/C27H31N9O/c1-18-26(31-32-36(18)21-7-10-34(16-28)11-8-21)20-12-24-27(35(17-30-24)22-14-33(3)15-22)25(13-20)37-19(2)23-6-4-5-9-29-23/h4-6,9,12-13,17,19,21-22H,7-8,10-11,14-15H2,1-3H3/t19-/m1/s1. The average molecular weight is 498 g/mol. The van der Waals surface area contributed by atoms with Gasteiger partial charge < -0.3 is 19.1 Å². The third-order valence-electron chi connectivity index (χ3n) is 7.63. The molecule has 2 aliphatic heterocycles. The van der Waals surface area contributed by atoms with Gasteiger partial charge in [0.2, 0.25) is 0 Å². The van der Waals surface area contributed by atoms with Crippen molar-refractivity contribution in [2.24, 2.45) is 0 Å². The lowest BCUT2D eigenvalue weighted by molar-refractivity contribution is 0.142. The first-order valence-electron chi connectivity index (χ1n) is 12.9. The first kappa shape index (κ1) is 23.4. The molecule has 3 aromatic heterocycles. The van der Waals surface area contributed by atoms with Gasteiger partial charge in [0.25, 0.3) is 0 Å². The summed E-state index contributed by atoms with van der Waals surface area (Å²) in [6.07, 6.45) is 7.50. The zero-order valence-corrected chi connectivity index (χ0v) is 21.4. The summed E-state index contributed by atoms with van der Waals surface area (Å²) in [5.41, 5.74) is 5.53. The van der Waals surface area contributed by atoms with Gasteiger partial charge in [-0.15, -0.1) is 5.10 Å². The Bertz CT molecular complexity index is 1440. The van der Waals surface area contributed by atoms with Crippen LogP contribution < -0.4 is 4.74 Å². The van der Waals surface area contributed by atoms with Gasteiger partial charge in [-0.05, 0) is 58.0 Å². The molecule has 4 aromatic rings. The maximum atomic E-state index is 9.19. The third kappa shape index (κ3) is 4.29. The molecule has 10 nitrogen and oxygen atoms in total. The number of aromatic nitrogens is 6. The van der Waals surface area contributed by atoms with Crippen LogP contribution in [0.2, 0.25) is 0 Å². The lowest BCUT2D eigenvalue weighted by Crippen LogP contribution is -2.44. The predicted octanol–water partition coefficient (Wildman–Crippen LogP) is 3.74. The molecule has 0 N–H and O–H groups in total. The Morgan fingerprint density at radius 2 is 1.92 bits per heavy atom. The minimum absolute atomic E-state index is 0.228. The van der Waals surface area contributed by atoms with Crippen LogP contribution in [-0.4, -0.2) is 72.6 Å². The van der Waals surface area contributed by atoms with Crippen molar-refractivity contribution in [2.45, 2.75) is 44.9 Å². The van der Waals surface area contributed by atoms with Gasteiger partial charge in [0.1, 0.15) is 23.1 Å². The second kappa shape index (κ2) is 9.48. The quantitative estimate of drug-likeness (QED) is 0.371. The Morgan fingerprint density at radius 3 is 2.62 bits per heavy atom. The summed E-state index contributed by atoms with van der Waals surface area (Å²) in [5.74, 6) is 0.772. The third-order valence-corrected chi connectivity index (χ3v) is 7.63. The van der Waals surface area contributed by atoms with Crippen LogP contribution in [0.4, 0.5) is 0 Å². The number of nitriles is 1. The number of pyridine rings is 1. The van der Waals surface area contributed by atoms with Gasteiger partial charge in [-0.2, -0.15) is 5.26 Å². The molecule has 0 amide bonds. The molecular formula is C27H31N9O. The summed E-state index contributed by atoms with van der Waals surface area (Å²) in [5, 5.41) is 18.3. The molecule has 2 aliphatic rings. The van der Waals surface area contributed by atoms with Gasteiger partial charge >= 0.3 is 0 Å². The van der Waals surface area contributed by atoms with Crippen LogP contribution in [0.5, 0.6) is 5.75 Å². The number of hydrogen-bond donors (Lipinski definition) is 0. The number of nitrogens with zero attached hydrogens (tertiary/aromatic N) is 9.